The van der Waals surface area contributed by atoms with Crippen molar-refractivity contribution in [2.24, 2.45) is 11.7 Å². The van der Waals surface area contributed by atoms with Gasteiger partial charge in [0.15, 0.2) is 19.7 Å². The van der Waals surface area contributed by atoms with Crippen LogP contribution in [-0.2, 0) is 24.5 Å². The highest BCUT2D eigenvalue weighted by Crippen LogP contribution is 2.32. The molecule has 1 aliphatic heterocycles. The number of carbonyl (C=O) groups excluding carboxylic acids is 1. The second kappa shape index (κ2) is 5.54. The predicted molar refractivity (Wildman–Crippen MR) is 82.2 cm³/mol. The maximum absolute atomic E-state index is 12.0. The van der Waals surface area contributed by atoms with E-state index in [9.17, 15) is 21.6 Å². The van der Waals surface area contributed by atoms with Crippen LogP contribution in [0.3, 0.4) is 0 Å². The summed E-state index contributed by atoms with van der Waals surface area (Å²) in [5.41, 5.74) is 5.68. The topological polar surface area (TPSA) is 115 Å². The lowest BCUT2D eigenvalue weighted by molar-refractivity contribution is -0.121. The van der Waals surface area contributed by atoms with Crippen molar-refractivity contribution in [2.45, 2.75) is 16.2 Å². The molecule has 0 aromatic heterocycles. The van der Waals surface area contributed by atoms with Gasteiger partial charge in [-0.05, 0) is 24.6 Å². The first-order valence-electron chi connectivity index (χ1n) is 6.58. The van der Waals surface area contributed by atoms with Crippen LogP contribution in [0.5, 0.6) is 0 Å². The van der Waals surface area contributed by atoms with Gasteiger partial charge >= 0.3 is 0 Å². The summed E-state index contributed by atoms with van der Waals surface area (Å²) in [5.74, 6) is -0.752. The van der Waals surface area contributed by atoms with Crippen molar-refractivity contribution in [2.75, 3.05) is 30.5 Å². The summed E-state index contributed by atoms with van der Waals surface area (Å²) in [6, 6.07) is 4.00. The van der Waals surface area contributed by atoms with E-state index >= 15 is 0 Å². The van der Waals surface area contributed by atoms with Crippen molar-refractivity contribution in [1.29, 1.82) is 0 Å². The van der Waals surface area contributed by atoms with E-state index in [0.717, 1.165) is 18.6 Å². The van der Waals surface area contributed by atoms with Crippen molar-refractivity contribution in [3.8, 4) is 0 Å². The van der Waals surface area contributed by atoms with Crippen LogP contribution in [-0.4, -0.2) is 48.3 Å². The molecular formula is C13H18N2O5S2. The minimum absolute atomic E-state index is 0.0534. The van der Waals surface area contributed by atoms with Crippen LogP contribution in [0.4, 0.5) is 5.69 Å². The second-order valence-corrected chi connectivity index (χ2v) is 9.51. The minimum atomic E-state index is -3.61. The molecule has 1 fully saturated rings. The van der Waals surface area contributed by atoms with Gasteiger partial charge in [0, 0.05) is 25.6 Å². The molecule has 9 heteroatoms. The van der Waals surface area contributed by atoms with Gasteiger partial charge in [-0.25, -0.2) is 16.8 Å². The Bertz CT molecular complexity index is 815. The smallest absolute Gasteiger partial charge is 0.222 e. The third kappa shape index (κ3) is 3.41. The van der Waals surface area contributed by atoms with Gasteiger partial charge in [0.2, 0.25) is 5.91 Å². The Morgan fingerprint density at radius 1 is 1.18 bits per heavy atom. The fourth-order valence-electron chi connectivity index (χ4n) is 2.49. The molecule has 2 rings (SSSR count). The van der Waals surface area contributed by atoms with Gasteiger partial charge in [0.05, 0.1) is 21.4 Å². The molecule has 122 valence electrons. The number of amides is 1. The molecule has 1 aromatic rings. The van der Waals surface area contributed by atoms with Crippen LogP contribution >= 0.6 is 0 Å². The molecule has 2 N–H and O–H groups in total. The number of primary amides is 1. The molecule has 1 heterocycles. The molecule has 0 saturated carbocycles. The van der Waals surface area contributed by atoms with E-state index in [0.29, 0.717) is 25.2 Å². The van der Waals surface area contributed by atoms with Gasteiger partial charge in [-0.1, -0.05) is 0 Å². The van der Waals surface area contributed by atoms with E-state index < -0.39 is 25.6 Å². The third-order valence-electron chi connectivity index (χ3n) is 3.69. The zero-order chi connectivity index (χ0) is 16.7. The van der Waals surface area contributed by atoms with Gasteiger partial charge in [-0.2, -0.15) is 0 Å². The average Bonchev–Trinajstić information content (AvgIpc) is 2.85. The van der Waals surface area contributed by atoms with Crippen molar-refractivity contribution in [3.63, 3.8) is 0 Å². The van der Waals surface area contributed by atoms with Crippen molar-refractivity contribution < 1.29 is 21.6 Å². The lowest BCUT2D eigenvalue weighted by Crippen LogP contribution is -2.28. The molecule has 0 radical (unpaired) electrons. The Morgan fingerprint density at radius 3 is 2.27 bits per heavy atom. The van der Waals surface area contributed by atoms with E-state index in [-0.39, 0.29) is 15.7 Å². The van der Waals surface area contributed by atoms with E-state index in [2.05, 4.69) is 0 Å². The number of sulfone groups is 2. The van der Waals surface area contributed by atoms with E-state index in [1.165, 1.54) is 12.1 Å². The molecule has 1 aliphatic rings. The summed E-state index contributed by atoms with van der Waals surface area (Å²) in [6.07, 6.45) is 2.60. The first-order chi connectivity index (χ1) is 10.00. The van der Waals surface area contributed by atoms with Gasteiger partial charge in [0.1, 0.15) is 0 Å². The highest BCUT2D eigenvalue weighted by Gasteiger charge is 2.30. The molecule has 0 spiro atoms. The summed E-state index contributed by atoms with van der Waals surface area (Å²) in [7, 11) is -7.12. The van der Waals surface area contributed by atoms with Crippen LogP contribution in [0, 0.1) is 5.92 Å². The van der Waals surface area contributed by atoms with Gasteiger partial charge in [0.25, 0.3) is 0 Å². The quantitative estimate of drug-likeness (QED) is 0.808. The van der Waals surface area contributed by atoms with E-state index in [1.54, 1.807) is 4.90 Å². The van der Waals surface area contributed by atoms with Crippen LogP contribution in [0.25, 0.3) is 0 Å². The number of nitrogens with two attached hydrogens (primary N) is 1. The van der Waals surface area contributed by atoms with E-state index in [1.807, 2.05) is 0 Å². The molecule has 1 unspecified atom stereocenters. The normalized spacial score (nSPS) is 19.4. The summed E-state index contributed by atoms with van der Waals surface area (Å²) in [6.45, 7) is 0.824. The number of carbonyl (C=O) groups is 1. The Kier molecular flexibility index (Phi) is 4.22. The largest absolute Gasteiger partial charge is 0.370 e. The van der Waals surface area contributed by atoms with Crippen LogP contribution in [0.1, 0.15) is 6.42 Å². The molecule has 1 aromatic carbocycles. The number of anilines is 1. The molecule has 0 aliphatic carbocycles. The van der Waals surface area contributed by atoms with Crippen LogP contribution in [0.2, 0.25) is 0 Å². The zero-order valence-corrected chi connectivity index (χ0v) is 13.9. The fraction of sp³-hybridized carbons (Fsp3) is 0.462. The molecular weight excluding hydrogens is 328 g/mol. The molecule has 1 atom stereocenters. The number of benzene rings is 1. The highest BCUT2D eigenvalue weighted by atomic mass is 32.2. The summed E-state index contributed by atoms with van der Waals surface area (Å²) in [4.78, 5) is 12.9. The molecule has 7 nitrogen and oxygen atoms in total. The molecule has 0 bridgehead atoms. The van der Waals surface area contributed by atoms with Gasteiger partial charge < -0.3 is 10.6 Å². The average molecular weight is 346 g/mol. The molecule has 22 heavy (non-hydrogen) atoms. The van der Waals surface area contributed by atoms with Crippen molar-refractivity contribution >= 4 is 31.3 Å². The Balaban J connectivity index is 2.51. The van der Waals surface area contributed by atoms with Crippen LogP contribution in [0.15, 0.2) is 28.0 Å². The van der Waals surface area contributed by atoms with Crippen molar-refractivity contribution in [1.82, 2.24) is 0 Å². The number of hydrogen-bond donors (Lipinski definition) is 1. The molecule has 1 saturated heterocycles. The number of rotatable bonds is 4. The number of nitrogens with zero attached hydrogens (tertiary/aromatic N) is 1. The first-order valence-corrected chi connectivity index (χ1v) is 10.4. The zero-order valence-electron chi connectivity index (χ0n) is 12.3. The monoisotopic (exact) mass is 346 g/mol. The maximum atomic E-state index is 12.0. The summed E-state index contributed by atoms with van der Waals surface area (Å²) < 4.78 is 47.2. The third-order valence-corrected chi connectivity index (χ3v) is 5.93. The minimum Gasteiger partial charge on any atom is -0.370 e. The van der Waals surface area contributed by atoms with E-state index in [4.69, 9.17) is 5.73 Å². The maximum Gasteiger partial charge on any atom is 0.222 e. The van der Waals surface area contributed by atoms with Gasteiger partial charge in [-0.15, -0.1) is 0 Å². The van der Waals surface area contributed by atoms with Crippen molar-refractivity contribution in [3.05, 3.63) is 18.2 Å². The summed E-state index contributed by atoms with van der Waals surface area (Å²) in [5, 5.41) is 0. The highest BCUT2D eigenvalue weighted by molar-refractivity contribution is 7.91. The second-order valence-electron chi connectivity index (χ2n) is 5.51. The van der Waals surface area contributed by atoms with Crippen LogP contribution < -0.4 is 10.6 Å². The van der Waals surface area contributed by atoms with Gasteiger partial charge in [-0.3, -0.25) is 4.79 Å². The molecule has 1 amide bonds. The fourth-order valence-corrected chi connectivity index (χ4v) is 4.13. The lowest BCUT2D eigenvalue weighted by atomic mass is 10.1. The standard InChI is InChI=1S/C13H18N2O5S2/c1-21(17,18)10-3-4-11(12(7-10)22(2,19)20)15-6-5-9(8-15)13(14)16/h3-4,7,9H,5-6,8H2,1-2H3,(H2,14,16). The SMILES string of the molecule is CS(=O)(=O)c1ccc(N2CCC(C(N)=O)C2)c(S(C)(=O)=O)c1. The predicted octanol–water partition coefficient (Wildman–Crippen LogP) is -0.195. The number of hydrogen-bond acceptors (Lipinski definition) is 6. The Morgan fingerprint density at radius 2 is 1.82 bits per heavy atom. The Hall–Kier alpha value is -1.61. The summed E-state index contributed by atoms with van der Waals surface area (Å²) >= 11 is 0. The lowest BCUT2D eigenvalue weighted by Gasteiger charge is -2.21. The Labute approximate surface area is 129 Å². The first kappa shape index (κ1) is 16.8.